The van der Waals surface area contributed by atoms with E-state index in [4.69, 9.17) is 9.47 Å². The van der Waals surface area contributed by atoms with Gasteiger partial charge in [0, 0.05) is 6.61 Å². The predicted molar refractivity (Wildman–Crippen MR) is 83.2 cm³/mol. The third kappa shape index (κ3) is 5.54. The molecule has 2 nitrogen and oxygen atoms in total. The van der Waals surface area contributed by atoms with Gasteiger partial charge in [0.2, 0.25) is 0 Å². The van der Waals surface area contributed by atoms with Gasteiger partial charge in [-0.2, -0.15) is 0 Å². The van der Waals surface area contributed by atoms with Gasteiger partial charge in [-0.05, 0) is 49.3 Å². The molecule has 1 aliphatic carbocycles. The maximum absolute atomic E-state index is 5.70. The Hall–Kier alpha value is -1.02. The molecule has 2 rings (SSSR count). The maximum atomic E-state index is 5.70. The second kappa shape index (κ2) is 8.31. The van der Waals surface area contributed by atoms with E-state index in [9.17, 15) is 0 Å². The first-order valence-electron chi connectivity index (χ1n) is 8.01. The van der Waals surface area contributed by atoms with Crippen LogP contribution in [0.25, 0.3) is 0 Å². The highest BCUT2D eigenvalue weighted by Gasteiger charge is 2.18. The van der Waals surface area contributed by atoms with Crippen molar-refractivity contribution in [3.8, 4) is 5.75 Å². The second-order valence-electron chi connectivity index (χ2n) is 6.20. The van der Waals surface area contributed by atoms with Gasteiger partial charge in [0.1, 0.15) is 12.4 Å². The molecule has 1 aromatic rings. The van der Waals surface area contributed by atoms with Crippen molar-refractivity contribution >= 4 is 0 Å². The molecule has 0 saturated heterocycles. The van der Waals surface area contributed by atoms with E-state index in [1.54, 1.807) is 0 Å². The average Bonchev–Trinajstić information content (AvgIpc) is 2.43. The lowest BCUT2D eigenvalue weighted by molar-refractivity contribution is 0.0832. The molecule has 20 heavy (non-hydrogen) atoms. The summed E-state index contributed by atoms with van der Waals surface area (Å²) in [7, 11) is 0. The summed E-state index contributed by atoms with van der Waals surface area (Å²) < 4.78 is 11.4. The Balaban J connectivity index is 1.51. The highest BCUT2D eigenvalue weighted by molar-refractivity contribution is 5.27. The van der Waals surface area contributed by atoms with Crippen LogP contribution in [0.15, 0.2) is 24.3 Å². The Morgan fingerprint density at radius 2 is 2.05 bits per heavy atom. The summed E-state index contributed by atoms with van der Waals surface area (Å²) >= 11 is 0. The van der Waals surface area contributed by atoms with Gasteiger partial charge in [0.05, 0.1) is 6.61 Å². The minimum atomic E-state index is 0.643. The second-order valence-corrected chi connectivity index (χ2v) is 6.20. The Bertz CT molecular complexity index is 389. The highest BCUT2D eigenvalue weighted by atomic mass is 16.5. The quantitative estimate of drug-likeness (QED) is 0.677. The summed E-state index contributed by atoms with van der Waals surface area (Å²) in [5.74, 6) is 2.74. The van der Waals surface area contributed by atoms with E-state index >= 15 is 0 Å². The van der Waals surface area contributed by atoms with Crippen LogP contribution >= 0.6 is 0 Å². The van der Waals surface area contributed by atoms with Crippen LogP contribution in [0.1, 0.15) is 44.6 Å². The molecule has 2 atom stereocenters. The number of hydrogen-bond acceptors (Lipinski definition) is 2. The van der Waals surface area contributed by atoms with Crippen molar-refractivity contribution in [2.45, 2.75) is 46.0 Å². The van der Waals surface area contributed by atoms with Gasteiger partial charge >= 0.3 is 0 Å². The van der Waals surface area contributed by atoms with E-state index in [0.29, 0.717) is 13.2 Å². The molecule has 0 unspecified atom stereocenters. The monoisotopic (exact) mass is 276 g/mol. The van der Waals surface area contributed by atoms with Gasteiger partial charge in [-0.25, -0.2) is 0 Å². The minimum Gasteiger partial charge on any atom is -0.491 e. The molecule has 1 saturated carbocycles. The molecule has 1 aliphatic rings. The smallest absolute Gasteiger partial charge is 0.119 e. The van der Waals surface area contributed by atoms with Gasteiger partial charge < -0.3 is 9.47 Å². The molecule has 0 spiro atoms. The van der Waals surface area contributed by atoms with Crippen LogP contribution in [0, 0.1) is 18.8 Å². The molecule has 112 valence electrons. The van der Waals surface area contributed by atoms with Gasteiger partial charge in [0.25, 0.3) is 0 Å². The summed E-state index contributed by atoms with van der Waals surface area (Å²) in [6.07, 6.45) is 6.83. The fourth-order valence-electron chi connectivity index (χ4n) is 3.10. The third-order valence-electron chi connectivity index (χ3n) is 4.20. The van der Waals surface area contributed by atoms with Crippen LogP contribution in [-0.2, 0) is 4.74 Å². The Morgan fingerprint density at radius 1 is 1.15 bits per heavy atom. The molecular formula is C18H28O2. The number of ether oxygens (including phenoxy) is 2. The minimum absolute atomic E-state index is 0.643. The summed E-state index contributed by atoms with van der Waals surface area (Å²) in [5, 5.41) is 0. The zero-order valence-corrected chi connectivity index (χ0v) is 12.9. The number of benzene rings is 1. The third-order valence-corrected chi connectivity index (χ3v) is 4.20. The van der Waals surface area contributed by atoms with Crippen molar-refractivity contribution in [1.82, 2.24) is 0 Å². The molecule has 0 aromatic heterocycles. The molecule has 0 bridgehead atoms. The average molecular weight is 276 g/mol. The number of aryl methyl sites for hydroxylation is 1. The lowest BCUT2D eigenvalue weighted by atomic mass is 9.81. The van der Waals surface area contributed by atoms with E-state index in [0.717, 1.165) is 24.2 Å². The van der Waals surface area contributed by atoms with E-state index in [1.165, 1.54) is 37.7 Å². The topological polar surface area (TPSA) is 18.5 Å². The maximum Gasteiger partial charge on any atom is 0.119 e. The Morgan fingerprint density at radius 3 is 2.85 bits per heavy atom. The first kappa shape index (κ1) is 15.4. The summed E-state index contributed by atoms with van der Waals surface area (Å²) in [4.78, 5) is 0. The first-order valence-corrected chi connectivity index (χ1v) is 8.01. The van der Waals surface area contributed by atoms with E-state index in [-0.39, 0.29) is 0 Å². The lowest BCUT2D eigenvalue weighted by Crippen LogP contribution is -2.16. The molecular weight excluding hydrogens is 248 g/mol. The molecule has 0 aliphatic heterocycles. The zero-order valence-electron chi connectivity index (χ0n) is 12.9. The van der Waals surface area contributed by atoms with Crippen molar-refractivity contribution < 1.29 is 9.47 Å². The van der Waals surface area contributed by atoms with Crippen LogP contribution in [0.4, 0.5) is 0 Å². The number of rotatable bonds is 7. The van der Waals surface area contributed by atoms with Gasteiger partial charge in [0.15, 0.2) is 0 Å². The fourth-order valence-corrected chi connectivity index (χ4v) is 3.10. The summed E-state index contributed by atoms with van der Waals surface area (Å²) in [6, 6.07) is 8.16. The van der Waals surface area contributed by atoms with Gasteiger partial charge in [-0.1, -0.05) is 38.3 Å². The first-order chi connectivity index (χ1) is 9.74. The Kier molecular flexibility index (Phi) is 6.38. The molecule has 0 heterocycles. The number of hydrogen-bond donors (Lipinski definition) is 0. The van der Waals surface area contributed by atoms with E-state index < -0.39 is 0 Å². The predicted octanol–water partition coefficient (Wildman–Crippen LogP) is 4.61. The van der Waals surface area contributed by atoms with Crippen molar-refractivity contribution in [1.29, 1.82) is 0 Å². The summed E-state index contributed by atoms with van der Waals surface area (Å²) in [5.41, 5.74) is 1.23. The normalized spacial score (nSPS) is 22.7. The van der Waals surface area contributed by atoms with Crippen molar-refractivity contribution in [2.75, 3.05) is 19.8 Å². The van der Waals surface area contributed by atoms with Crippen molar-refractivity contribution in [2.24, 2.45) is 11.8 Å². The molecule has 2 heteroatoms. The van der Waals surface area contributed by atoms with Crippen LogP contribution in [-0.4, -0.2) is 19.8 Å². The SMILES string of the molecule is Cc1cccc(OCCOCC[C@H]2CCC[C@H](C)C2)c1. The molecule has 0 amide bonds. The Labute approximate surface area is 123 Å². The van der Waals surface area contributed by atoms with Crippen LogP contribution in [0.5, 0.6) is 5.75 Å². The zero-order chi connectivity index (χ0) is 14.2. The standard InChI is InChI=1S/C18H28O2/c1-15-5-3-7-17(13-15)9-10-19-11-12-20-18-8-4-6-16(2)14-18/h4,6,8,14-15,17H,3,5,7,9-13H2,1-2H3/t15-,17+/m0/s1. The van der Waals surface area contributed by atoms with Crippen LogP contribution in [0.2, 0.25) is 0 Å². The lowest BCUT2D eigenvalue weighted by Gasteiger charge is -2.26. The van der Waals surface area contributed by atoms with Crippen molar-refractivity contribution in [3.63, 3.8) is 0 Å². The summed E-state index contributed by atoms with van der Waals surface area (Å²) in [6.45, 7) is 6.67. The van der Waals surface area contributed by atoms with Crippen LogP contribution in [0.3, 0.4) is 0 Å². The fraction of sp³-hybridized carbons (Fsp3) is 0.667. The largest absolute Gasteiger partial charge is 0.491 e. The highest BCUT2D eigenvalue weighted by Crippen LogP contribution is 2.30. The molecule has 0 radical (unpaired) electrons. The van der Waals surface area contributed by atoms with Crippen molar-refractivity contribution in [3.05, 3.63) is 29.8 Å². The van der Waals surface area contributed by atoms with Gasteiger partial charge in [-0.15, -0.1) is 0 Å². The van der Waals surface area contributed by atoms with Gasteiger partial charge in [-0.3, -0.25) is 0 Å². The molecule has 1 aromatic carbocycles. The van der Waals surface area contributed by atoms with E-state index in [2.05, 4.69) is 26.0 Å². The van der Waals surface area contributed by atoms with E-state index in [1.807, 2.05) is 12.1 Å². The molecule has 0 N–H and O–H groups in total. The van der Waals surface area contributed by atoms with Crippen LogP contribution < -0.4 is 4.74 Å². The molecule has 1 fully saturated rings.